The van der Waals surface area contributed by atoms with Gasteiger partial charge in [0.05, 0.1) is 33.5 Å². The van der Waals surface area contributed by atoms with Gasteiger partial charge in [0.15, 0.2) is 11.5 Å². The number of methoxy groups -OCH3 is 1. The van der Waals surface area contributed by atoms with Gasteiger partial charge in [-0.3, -0.25) is 14.5 Å². The van der Waals surface area contributed by atoms with Gasteiger partial charge in [-0.15, -0.1) is 0 Å². The molecule has 0 bridgehead atoms. The summed E-state index contributed by atoms with van der Waals surface area (Å²) in [5.74, 6) is 1.30. The summed E-state index contributed by atoms with van der Waals surface area (Å²) < 4.78 is 16.5. The number of carbonyl (C=O) groups is 2. The molecule has 0 aromatic heterocycles. The van der Waals surface area contributed by atoms with Gasteiger partial charge in [0.25, 0.3) is 5.91 Å². The molecule has 8 nitrogen and oxygen atoms in total. The molecule has 1 aromatic carbocycles. The Kier molecular flexibility index (Phi) is 8.33. The van der Waals surface area contributed by atoms with Crippen LogP contribution in [0.2, 0.25) is 0 Å². The van der Waals surface area contributed by atoms with Crippen LogP contribution in [-0.4, -0.2) is 99.3 Å². The van der Waals surface area contributed by atoms with E-state index in [4.69, 9.17) is 14.2 Å². The number of morpholine rings is 1. The van der Waals surface area contributed by atoms with Crippen LogP contribution in [0.25, 0.3) is 0 Å². The summed E-state index contributed by atoms with van der Waals surface area (Å²) in [6.45, 7) is 8.30. The highest BCUT2D eigenvalue weighted by molar-refractivity contribution is 5.95. The summed E-state index contributed by atoms with van der Waals surface area (Å²) in [4.78, 5) is 31.3. The summed E-state index contributed by atoms with van der Waals surface area (Å²) in [6, 6.07) is 5.31. The van der Waals surface area contributed by atoms with Crippen molar-refractivity contribution in [2.75, 3.05) is 72.7 Å². The molecule has 0 saturated carbocycles. The molecule has 2 aliphatic rings. The minimum atomic E-state index is -0.0475. The monoisotopic (exact) mass is 419 g/mol. The van der Waals surface area contributed by atoms with Crippen molar-refractivity contribution in [1.29, 1.82) is 0 Å². The Morgan fingerprint density at radius 3 is 2.37 bits per heavy atom. The molecule has 2 amide bonds. The number of carbonyl (C=O) groups excluding carboxylic acids is 2. The van der Waals surface area contributed by atoms with Crippen molar-refractivity contribution in [2.24, 2.45) is 0 Å². The Labute approximate surface area is 178 Å². The van der Waals surface area contributed by atoms with Crippen LogP contribution in [0.4, 0.5) is 0 Å². The van der Waals surface area contributed by atoms with Crippen molar-refractivity contribution in [3.8, 4) is 11.5 Å². The SMILES string of the molecule is CCCCOc1ccc(C(=O)N2CCN(C(=O)CN3CCOCC3)CC2)cc1OC. The first-order valence-corrected chi connectivity index (χ1v) is 10.8. The average molecular weight is 420 g/mol. The standard InChI is InChI=1S/C22H33N3O5/c1-3-4-13-30-19-6-5-18(16-20(19)28-2)22(27)25-9-7-24(8-10-25)21(26)17-23-11-14-29-15-12-23/h5-6,16H,3-4,7-15,17H2,1-2H3. The number of nitrogens with zero attached hydrogens (tertiary/aromatic N) is 3. The van der Waals surface area contributed by atoms with Crippen molar-refractivity contribution in [2.45, 2.75) is 19.8 Å². The maximum Gasteiger partial charge on any atom is 0.254 e. The van der Waals surface area contributed by atoms with Crippen LogP contribution in [0, 0.1) is 0 Å². The first-order chi connectivity index (χ1) is 14.6. The Morgan fingerprint density at radius 1 is 1.00 bits per heavy atom. The lowest BCUT2D eigenvalue weighted by Gasteiger charge is -2.36. The fourth-order valence-corrected chi connectivity index (χ4v) is 3.64. The van der Waals surface area contributed by atoms with Gasteiger partial charge < -0.3 is 24.0 Å². The molecular formula is C22H33N3O5. The molecule has 0 N–H and O–H groups in total. The number of unbranched alkanes of at least 4 members (excludes halogenated alkanes) is 1. The molecule has 2 aliphatic heterocycles. The number of rotatable bonds is 8. The molecule has 0 unspecified atom stereocenters. The first kappa shape index (κ1) is 22.4. The predicted octanol–water partition coefficient (Wildman–Crippen LogP) is 1.49. The van der Waals surface area contributed by atoms with Crippen molar-refractivity contribution in [1.82, 2.24) is 14.7 Å². The highest BCUT2D eigenvalue weighted by atomic mass is 16.5. The van der Waals surface area contributed by atoms with Crippen LogP contribution in [0.5, 0.6) is 11.5 Å². The van der Waals surface area contributed by atoms with Gasteiger partial charge in [0, 0.05) is 44.8 Å². The molecule has 30 heavy (non-hydrogen) atoms. The molecule has 2 saturated heterocycles. The molecule has 1 aromatic rings. The van der Waals surface area contributed by atoms with Gasteiger partial charge in [0.2, 0.25) is 5.91 Å². The van der Waals surface area contributed by atoms with E-state index in [1.165, 1.54) is 0 Å². The summed E-state index contributed by atoms with van der Waals surface area (Å²) in [6.07, 6.45) is 2.03. The van der Waals surface area contributed by atoms with Gasteiger partial charge >= 0.3 is 0 Å². The lowest BCUT2D eigenvalue weighted by molar-refractivity contribution is -0.134. The van der Waals surface area contributed by atoms with E-state index in [0.29, 0.717) is 69.6 Å². The second-order valence-electron chi connectivity index (χ2n) is 7.63. The number of piperazine rings is 1. The zero-order valence-corrected chi connectivity index (χ0v) is 18.1. The maximum atomic E-state index is 12.9. The minimum absolute atomic E-state index is 0.0475. The molecule has 0 atom stereocenters. The smallest absolute Gasteiger partial charge is 0.254 e. The average Bonchev–Trinajstić information content (AvgIpc) is 2.79. The summed E-state index contributed by atoms with van der Waals surface area (Å²) in [7, 11) is 1.58. The van der Waals surface area contributed by atoms with Crippen molar-refractivity contribution in [3.63, 3.8) is 0 Å². The Hall–Kier alpha value is -2.32. The Bertz CT molecular complexity index is 713. The quantitative estimate of drug-likeness (QED) is 0.595. The zero-order chi connectivity index (χ0) is 21.3. The molecular weight excluding hydrogens is 386 g/mol. The van der Waals surface area contributed by atoms with E-state index in [1.54, 1.807) is 30.2 Å². The third-order valence-corrected chi connectivity index (χ3v) is 5.55. The van der Waals surface area contributed by atoms with Crippen LogP contribution >= 0.6 is 0 Å². The lowest BCUT2D eigenvalue weighted by Crippen LogP contribution is -2.53. The van der Waals surface area contributed by atoms with Crippen LogP contribution in [0.1, 0.15) is 30.1 Å². The molecule has 0 aliphatic carbocycles. The zero-order valence-electron chi connectivity index (χ0n) is 18.1. The highest BCUT2D eigenvalue weighted by Gasteiger charge is 2.26. The topological polar surface area (TPSA) is 71.6 Å². The second-order valence-corrected chi connectivity index (χ2v) is 7.63. The van der Waals surface area contributed by atoms with E-state index in [9.17, 15) is 9.59 Å². The molecule has 2 heterocycles. The normalized spacial score (nSPS) is 17.7. The maximum absolute atomic E-state index is 12.9. The number of hydrogen-bond acceptors (Lipinski definition) is 6. The van der Waals surface area contributed by atoms with E-state index in [-0.39, 0.29) is 11.8 Å². The Morgan fingerprint density at radius 2 is 1.70 bits per heavy atom. The fourth-order valence-electron chi connectivity index (χ4n) is 3.64. The van der Waals surface area contributed by atoms with Gasteiger partial charge in [-0.2, -0.15) is 0 Å². The van der Waals surface area contributed by atoms with Crippen molar-refractivity contribution >= 4 is 11.8 Å². The van der Waals surface area contributed by atoms with Crippen LogP contribution in [-0.2, 0) is 9.53 Å². The van der Waals surface area contributed by atoms with Crippen LogP contribution < -0.4 is 9.47 Å². The second kappa shape index (κ2) is 11.2. The third kappa shape index (κ3) is 5.86. The molecule has 8 heteroatoms. The van der Waals surface area contributed by atoms with E-state index in [1.807, 2.05) is 4.90 Å². The summed E-state index contributed by atoms with van der Waals surface area (Å²) in [5, 5.41) is 0. The van der Waals surface area contributed by atoms with E-state index in [0.717, 1.165) is 25.9 Å². The lowest BCUT2D eigenvalue weighted by atomic mass is 10.1. The molecule has 0 radical (unpaired) electrons. The number of amides is 2. The Balaban J connectivity index is 1.52. The number of ether oxygens (including phenoxy) is 3. The molecule has 3 rings (SSSR count). The van der Waals surface area contributed by atoms with Crippen LogP contribution in [0.3, 0.4) is 0 Å². The molecule has 2 fully saturated rings. The highest BCUT2D eigenvalue weighted by Crippen LogP contribution is 2.29. The number of hydrogen-bond donors (Lipinski definition) is 0. The van der Waals surface area contributed by atoms with Crippen molar-refractivity contribution < 1.29 is 23.8 Å². The van der Waals surface area contributed by atoms with Gasteiger partial charge in [0.1, 0.15) is 0 Å². The predicted molar refractivity (Wildman–Crippen MR) is 113 cm³/mol. The van der Waals surface area contributed by atoms with Gasteiger partial charge in [-0.25, -0.2) is 0 Å². The van der Waals surface area contributed by atoms with E-state index >= 15 is 0 Å². The fraction of sp³-hybridized carbons (Fsp3) is 0.636. The third-order valence-electron chi connectivity index (χ3n) is 5.55. The minimum Gasteiger partial charge on any atom is -0.493 e. The largest absolute Gasteiger partial charge is 0.493 e. The summed E-state index contributed by atoms with van der Waals surface area (Å²) >= 11 is 0. The van der Waals surface area contributed by atoms with Crippen molar-refractivity contribution in [3.05, 3.63) is 23.8 Å². The van der Waals surface area contributed by atoms with Crippen LogP contribution in [0.15, 0.2) is 18.2 Å². The summed E-state index contributed by atoms with van der Waals surface area (Å²) in [5.41, 5.74) is 0.572. The molecule has 166 valence electrons. The van der Waals surface area contributed by atoms with Gasteiger partial charge in [-0.05, 0) is 24.6 Å². The van der Waals surface area contributed by atoms with E-state index in [2.05, 4.69) is 11.8 Å². The molecule has 0 spiro atoms. The number of benzene rings is 1. The van der Waals surface area contributed by atoms with E-state index < -0.39 is 0 Å². The van der Waals surface area contributed by atoms with Gasteiger partial charge in [-0.1, -0.05) is 13.3 Å². The first-order valence-electron chi connectivity index (χ1n) is 10.8.